The fraction of sp³-hybridized carbons (Fsp3) is 0.240. The van der Waals surface area contributed by atoms with Crippen LogP contribution in [0, 0.1) is 6.92 Å². The Balaban J connectivity index is 1.84. The quantitative estimate of drug-likeness (QED) is 0.488. The smallest absolute Gasteiger partial charge is 0.243 e. The zero-order valence-corrected chi connectivity index (χ0v) is 19.8. The molecule has 1 N–H and O–H groups in total. The van der Waals surface area contributed by atoms with E-state index in [9.17, 15) is 13.2 Å². The Morgan fingerprint density at radius 1 is 0.939 bits per heavy atom. The van der Waals surface area contributed by atoms with Gasteiger partial charge in [-0.1, -0.05) is 36.4 Å². The molecule has 0 saturated heterocycles. The summed E-state index contributed by atoms with van der Waals surface area (Å²) in [4.78, 5) is 13.0. The summed E-state index contributed by atoms with van der Waals surface area (Å²) in [5, 5.41) is 2.78. The van der Waals surface area contributed by atoms with Crippen molar-refractivity contribution in [2.45, 2.75) is 18.2 Å². The minimum atomic E-state index is -3.92. The molecule has 3 aromatic rings. The second-order valence-electron chi connectivity index (χ2n) is 7.50. The minimum absolute atomic E-state index is 0.0947. The monoisotopic (exact) mass is 468 g/mol. The van der Waals surface area contributed by atoms with E-state index in [1.165, 1.54) is 30.7 Å². The van der Waals surface area contributed by atoms with Gasteiger partial charge in [-0.25, -0.2) is 8.42 Å². The molecule has 3 aromatic carbocycles. The molecule has 0 aliphatic rings. The summed E-state index contributed by atoms with van der Waals surface area (Å²) in [6.45, 7) is 1.71. The second-order valence-corrected chi connectivity index (χ2v) is 9.44. The number of aryl methyl sites for hydroxylation is 1. The molecule has 0 spiro atoms. The van der Waals surface area contributed by atoms with Crippen molar-refractivity contribution in [2.75, 3.05) is 32.6 Å². The van der Waals surface area contributed by atoms with Gasteiger partial charge in [0.05, 0.1) is 31.3 Å². The van der Waals surface area contributed by atoms with Crippen LogP contribution in [0.15, 0.2) is 77.7 Å². The number of anilines is 1. The van der Waals surface area contributed by atoms with Gasteiger partial charge in [-0.2, -0.15) is 4.31 Å². The molecule has 3 rings (SSSR count). The van der Waals surface area contributed by atoms with Gasteiger partial charge >= 0.3 is 0 Å². The number of benzene rings is 3. The lowest BCUT2D eigenvalue weighted by molar-refractivity contribution is -0.116. The minimum Gasteiger partial charge on any atom is -0.497 e. The average molecular weight is 469 g/mol. The van der Waals surface area contributed by atoms with Gasteiger partial charge in [0, 0.05) is 6.54 Å². The molecular weight excluding hydrogens is 440 g/mol. The van der Waals surface area contributed by atoms with E-state index in [-0.39, 0.29) is 18.0 Å². The largest absolute Gasteiger partial charge is 0.497 e. The van der Waals surface area contributed by atoms with Crippen molar-refractivity contribution in [2.24, 2.45) is 0 Å². The number of amides is 1. The number of carbonyl (C=O) groups is 1. The van der Waals surface area contributed by atoms with E-state index in [1.807, 2.05) is 43.3 Å². The van der Waals surface area contributed by atoms with Gasteiger partial charge in [0.1, 0.15) is 11.5 Å². The summed E-state index contributed by atoms with van der Waals surface area (Å²) in [7, 11) is -0.894. The molecule has 0 aliphatic heterocycles. The molecule has 174 valence electrons. The van der Waals surface area contributed by atoms with Gasteiger partial charge in [-0.05, 0) is 60.9 Å². The van der Waals surface area contributed by atoms with Crippen LogP contribution in [-0.2, 0) is 21.2 Å². The number of ether oxygens (including phenoxy) is 2. The molecule has 0 aliphatic carbocycles. The molecule has 0 aromatic heterocycles. The van der Waals surface area contributed by atoms with Gasteiger partial charge in [0.15, 0.2) is 0 Å². The number of methoxy groups -OCH3 is 2. The summed E-state index contributed by atoms with van der Waals surface area (Å²) in [5.41, 5.74) is 2.42. The first-order chi connectivity index (χ1) is 15.8. The number of carbonyl (C=O) groups excluding carboxylic acids is 1. The lowest BCUT2D eigenvalue weighted by atomic mass is 10.1. The Bertz CT molecular complexity index is 1180. The van der Waals surface area contributed by atoms with Gasteiger partial charge in [-0.3, -0.25) is 4.79 Å². The molecule has 0 saturated carbocycles. The average Bonchev–Trinajstić information content (AvgIpc) is 2.82. The summed E-state index contributed by atoms with van der Waals surface area (Å²) in [6.07, 6.45) is 0.470. The second kappa shape index (κ2) is 11.0. The third kappa shape index (κ3) is 6.34. The summed E-state index contributed by atoms with van der Waals surface area (Å²) in [5.74, 6) is 0.598. The van der Waals surface area contributed by atoms with Gasteiger partial charge < -0.3 is 14.8 Å². The first-order valence-electron chi connectivity index (χ1n) is 10.5. The van der Waals surface area contributed by atoms with E-state index in [4.69, 9.17) is 9.47 Å². The van der Waals surface area contributed by atoms with Crippen molar-refractivity contribution in [3.05, 3.63) is 83.9 Å². The van der Waals surface area contributed by atoms with Crippen LogP contribution in [0.5, 0.6) is 11.5 Å². The van der Waals surface area contributed by atoms with Gasteiger partial charge in [-0.15, -0.1) is 0 Å². The first kappa shape index (κ1) is 24.3. The number of nitrogens with one attached hydrogen (secondary N) is 1. The van der Waals surface area contributed by atoms with Crippen molar-refractivity contribution < 1.29 is 22.7 Å². The standard InChI is InChI=1S/C25H28N2O5S/c1-19-9-14-24(32-3)23(17-19)26-25(28)18-27(16-15-20-7-5-4-6-8-20)33(29,30)22-12-10-21(31-2)11-13-22/h4-14,17H,15-16,18H2,1-3H3,(H,26,28). The van der Waals surface area contributed by atoms with E-state index >= 15 is 0 Å². The predicted octanol–water partition coefficient (Wildman–Crippen LogP) is 3.88. The molecule has 7 nitrogen and oxygen atoms in total. The van der Waals surface area contributed by atoms with E-state index < -0.39 is 15.9 Å². The topological polar surface area (TPSA) is 84.9 Å². The molecule has 0 atom stereocenters. The van der Waals surface area contributed by atoms with Crippen molar-refractivity contribution >= 4 is 21.6 Å². The van der Waals surface area contributed by atoms with Crippen LogP contribution in [-0.4, -0.2) is 45.9 Å². The van der Waals surface area contributed by atoms with Crippen molar-refractivity contribution in [1.82, 2.24) is 4.31 Å². The lowest BCUT2D eigenvalue weighted by Gasteiger charge is -2.22. The number of hydrogen-bond donors (Lipinski definition) is 1. The lowest BCUT2D eigenvalue weighted by Crippen LogP contribution is -2.39. The van der Waals surface area contributed by atoms with Crippen LogP contribution in [0.2, 0.25) is 0 Å². The Morgan fingerprint density at radius 3 is 2.27 bits per heavy atom. The molecule has 0 radical (unpaired) electrons. The van der Waals surface area contributed by atoms with Crippen LogP contribution in [0.4, 0.5) is 5.69 Å². The Labute approximate surface area is 195 Å². The molecule has 0 fully saturated rings. The zero-order valence-electron chi connectivity index (χ0n) is 18.9. The Morgan fingerprint density at radius 2 is 1.64 bits per heavy atom. The summed E-state index contributed by atoms with van der Waals surface area (Å²) >= 11 is 0. The Kier molecular flexibility index (Phi) is 8.08. The zero-order chi connectivity index (χ0) is 23.8. The highest BCUT2D eigenvalue weighted by Gasteiger charge is 2.27. The predicted molar refractivity (Wildman–Crippen MR) is 128 cm³/mol. The van der Waals surface area contributed by atoms with E-state index in [2.05, 4.69) is 5.32 Å². The van der Waals surface area contributed by atoms with E-state index in [0.29, 0.717) is 23.6 Å². The highest BCUT2D eigenvalue weighted by Crippen LogP contribution is 2.26. The number of sulfonamides is 1. The van der Waals surface area contributed by atoms with Crippen LogP contribution in [0.3, 0.4) is 0 Å². The van der Waals surface area contributed by atoms with Gasteiger partial charge in [0.25, 0.3) is 0 Å². The molecular formula is C25H28N2O5S. The maximum Gasteiger partial charge on any atom is 0.243 e. The maximum absolute atomic E-state index is 13.4. The number of rotatable bonds is 10. The number of hydrogen-bond acceptors (Lipinski definition) is 5. The van der Waals surface area contributed by atoms with Crippen LogP contribution in [0.1, 0.15) is 11.1 Å². The fourth-order valence-corrected chi connectivity index (χ4v) is 4.75. The molecule has 33 heavy (non-hydrogen) atoms. The molecule has 0 unspecified atom stereocenters. The third-order valence-electron chi connectivity index (χ3n) is 5.14. The van der Waals surface area contributed by atoms with E-state index in [1.54, 1.807) is 24.3 Å². The van der Waals surface area contributed by atoms with Crippen molar-refractivity contribution in [3.63, 3.8) is 0 Å². The highest BCUT2D eigenvalue weighted by atomic mass is 32.2. The molecule has 0 heterocycles. The van der Waals surface area contributed by atoms with Crippen LogP contribution in [0.25, 0.3) is 0 Å². The van der Waals surface area contributed by atoms with Gasteiger partial charge in [0.2, 0.25) is 15.9 Å². The maximum atomic E-state index is 13.4. The summed E-state index contributed by atoms with van der Waals surface area (Å²) in [6, 6.07) is 21.1. The number of nitrogens with zero attached hydrogens (tertiary/aromatic N) is 1. The third-order valence-corrected chi connectivity index (χ3v) is 7.00. The fourth-order valence-electron chi connectivity index (χ4n) is 3.35. The van der Waals surface area contributed by atoms with Crippen molar-refractivity contribution in [1.29, 1.82) is 0 Å². The van der Waals surface area contributed by atoms with Crippen LogP contribution < -0.4 is 14.8 Å². The normalized spacial score (nSPS) is 11.3. The molecule has 0 bridgehead atoms. The highest BCUT2D eigenvalue weighted by molar-refractivity contribution is 7.89. The molecule has 1 amide bonds. The van der Waals surface area contributed by atoms with Crippen molar-refractivity contribution in [3.8, 4) is 11.5 Å². The molecule has 8 heteroatoms. The first-order valence-corrected chi connectivity index (χ1v) is 11.9. The summed E-state index contributed by atoms with van der Waals surface area (Å²) < 4.78 is 38.4. The van der Waals surface area contributed by atoms with Crippen LogP contribution >= 0.6 is 0 Å². The van der Waals surface area contributed by atoms with E-state index in [0.717, 1.165) is 11.1 Å². The SMILES string of the molecule is COc1ccc(S(=O)(=O)N(CCc2ccccc2)CC(=O)Nc2cc(C)ccc2OC)cc1. The Hall–Kier alpha value is -3.36.